The van der Waals surface area contributed by atoms with Crippen molar-refractivity contribution in [1.82, 2.24) is 0 Å². The summed E-state index contributed by atoms with van der Waals surface area (Å²) >= 11 is 0. The van der Waals surface area contributed by atoms with Gasteiger partial charge in [0.1, 0.15) is 11.6 Å². The number of benzene rings is 1. The van der Waals surface area contributed by atoms with E-state index in [1.54, 1.807) is 0 Å². The molecule has 0 atom stereocenters. The van der Waals surface area contributed by atoms with Gasteiger partial charge in [0, 0.05) is 18.3 Å². The number of hydrogen-bond donors (Lipinski definition) is 1. The fourth-order valence-corrected chi connectivity index (χ4v) is 1.48. The second kappa shape index (κ2) is 3.95. The van der Waals surface area contributed by atoms with E-state index >= 15 is 0 Å². The summed E-state index contributed by atoms with van der Waals surface area (Å²) in [5.41, 5.74) is 0.531. The Morgan fingerprint density at radius 1 is 1.14 bits per heavy atom. The van der Waals surface area contributed by atoms with Crippen LogP contribution >= 0.6 is 0 Å². The predicted molar refractivity (Wildman–Crippen MR) is 52.2 cm³/mol. The third-order valence-corrected chi connectivity index (χ3v) is 2.44. The lowest BCUT2D eigenvalue weighted by molar-refractivity contribution is 0.584. The van der Waals surface area contributed by atoms with E-state index in [-0.39, 0.29) is 0 Å². The highest BCUT2D eigenvalue weighted by molar-refractivity contribution is 5.43. The van der Waals surface area contributed by atoms with Crippen molar-refractivity contribution < 1.29 is 8.78 Å². The third-order valence-electron chi connectivity index (χ3n) is 2.44. The van der Waals surface area contributed by atoms with Crippen LogP contribution in [0.5, 0.6) is 0 Å². The number of anilines is 1. The van der Waals surface area contributed by atoms with Crippen LogP contribution in [0.4, 0.5) is 14.5 Å². The molecule has 1 nitrogen and oxygen atoms in total. The van der Waals surface area contributed by atoms with E-state index in [1.807, 2.05) is 0 Å². The van der Waals surface area contributed by atoms with E-state index in [9.17, 15) is 8.78 Å². The molecule has 0 unspecified atom stereocenters. The summed E-state index contributed by atoms with van der Waals surface area (Å²) in [4.78, 5) is 0. The van der Waals surface area contributed by atoms with Crippen LogP contribution in [0.3, 0.4) is 0 Å². The van der Waals surface area contributed by atoms with E-state index < -0.39 is 11.6 Å². The van der Waals surface area contributed by atoms with Crippen LogP contribution in [0.15, 0.2) is 18.2 Å². The lowest BCUT2D eigenvalue weighted by atomic mass is 10.2. The first-order valence-corrected chi connectivity index (χ1v) is 4.94. The molecule has 0 spiro atoms. The molecule has 1 aliphatic carbocycles. The minimum atomic E-state index is -0.529. The fourth-order valence-electron chi connectivity index (χ4n) is 1.48. The molecule has 0 saturated heterocycles. The highest BCUT2D eigenvalue weighted by Crippen LogP contribution is 2.32. The first kappa shape index (κ1) is 9.44. The lowest BCUT2D eigenvalue weighted by Crippen LogP contribution is -2.02. The van der Waals surface area contributed by atoms with E-state index in [4.69, 9.17) is 0 Å². The van der Waals surface area contributed by atoms with Crippen LogP contribution < -0.4 is 5.32 Å². The lowest BCUT2D eigenvalue weighted by Gasteiger charge is -2.05. The summed E-state index contributed by atoms with van der Waals surface area (Å²) in [5.74, 6) is -0.223. The van der Waals surface area contributed by atoms with Gasteiger partial charge in [0.05, 0.1) is 0 Å². The van der Waals surface area contributed by atoms with E-state index in [1.165, 1.54) is 25.0 Å². The monoisotopic (exact) mass is 197 g/mol. The van der Waals surface area contributed by atoms with Crippen molar-refractivity contribution in [1.29, 1.82) is 0 Å². The van der Waals surface area contributed by atoms with Crippen molar-refractivity contribution in [2.75, 3.05) is 11.9 Å². The molecule has 76 valence electrons. The van der Waals surface area contributed by atoms with E-state index in [0.29, 0.717) is 5.69 Å². The van der Waals surface area contributed by atoms with Crippen LogP contribution in [0.1, 0.15) is 19.3 Å². The number of rotatable bonds is 4. The van der Waals surface area contributed by atoms with Gasteiger partial charge in [-0.25, -0.2) is 8.78 Å². The van der Waals surface area contributed by atoms with Crippen molar-refractivity contribution in [3.63, 3.8) is 0 Å². The van der Waals surface area contributed by atoms with Gasteiger partial charge in [0.15, 0.2) is 0 Å². The molecule has 1 N–H and O–H groups in total. The molecule has 0 amide bonds. The van der Waals surface area contributed by atoms with Crippen molar-refractivity contribution in [2.45, 2.75) is 19.3 Å². The minimum absolute atomic E-state index is 0.529. The van der Waals surface area contributed by atoms with E-state index in [2.05, 4.69) is 5.32 Å². The molecule has 3 heteroatoms. The first-order valence-electron chi connectivity index (χ1n) is 4.94. The summed E-state index contributed by atoms with van der Waals surface area (Å²) in [7, 11) is 0. The number of nitrogens with one attached hydrogen (secondary N) is 1. The zero-order chi connectivity index (χ0) is 9.97. The summed E-state index contributed by atoms with van der Waals surface area (Å²) in [5, 5.41) is 3.02. The van der Waals surface area contributed by atoms with Crippen LogP contribution in [0, 0.1) is 17.6 Å². The molecule has 0 heterocycles. The molecule has 0 aliphatic heterocycles. The predicted octanol–water partition coefficient (Wildman–Crippen LogP) is 3.18. The fraction of sp³-hybridized carbons (Fsp3) is 0.455. The van der Waals surface area contributed by atoms with Gasteiger partial charge in [-0.2, -0.15) is 0 Å². The van der Waals surface area contributed by atoms with Gasteiger partial charge in [0.25, 0.3) is 0 Å². The van der Waals surface area contributed by atoms with Gasteiger partial charge in [-0.1, -0.05) is 12.8 Å². The quantitative estimate of drug-likeness (QED) is 0.781. The summed E-state index contributed by atoms with van der Waals surface area (Å²) in [6.45, 7) is 0.799. The molecule has 1 aromatic carbocycles. The Morgan fingerprint density at radius 2 is 1.79 bits per heavy atom. The maximum Gasteiger partial charge on any atom is 0.128 e. The van der Waals surface area contributed by atoms with Gasteiger partial charge >= 0.3 is 0 Å². The van der Waals surface area contributed by atoms with Crippen LogP contribution in [0.2, 0.25) is 0 Å². The Bertz CT molecular complexity index is 301. The van der Waals surface area contributed by atoms with Crippen LogP contribution in [-0.4, -0.2) is 6.54 Å². The molecule has 1 saturated carbocycles. The zero-order valence-electron chi connectivity index (χ0n) is 7.89. The Hall–Kier alpha value is -1.12. The Labute approximate surface area is 82.1 Å². The summed E-state index contributed by atoms with van der Waals surface area (Å²) in [6, 6.07) is 3.51. The molecule has 1 fully saturated rings. The first-order chi connectivity index (χ1) is 6.74. The standard InChI is InChI=1S/C11H13F2N/c12-9-5-10(13)7-11(6-9)14-4-3-8-1-2-8/h5-8,14H,1-4H2. The van der Waals surface area contributed by atoms with Gasteiger partial charge in [-0.05, 0) is 24.5 Å². The molecule has 0 bridgehead atoms. The smallest absolute Gasteiger partial charge is 0.128 e. The number of hydrogen-bond acceptors (Lipinski definition) is 1. The molecule has 1 aliphatic rings. The van der Waals surface area contributed by atoms with Crippen molar-refractivity contribution in [2.24, 2.45) is 5.92 Å². The molecular weight excluding hydrogens is 184 g/mol. The maximum absolute atomic E-state index is 12.7. The van der Waals surface area contributed by atoms with Gasteiger partial charge in [-0.15, -0.1) is 0 Å². The molecule has 0 aromatic heterocycles. The third kappa shape index (κ3) is 2.69. The minimum Gasteiger partial charge on any atom is -0.385 e. The van der Waals surface area contributed by atoms with Crippen LogP contribution in [-0.2, 0) is 0 Å². The topological polar surface area (TPSA) is 12.0 Å². The SMILES string of the molecule is Fc1cc(F)cc(NCCC2CC2)c1. The second-order valence-electron chi connectivity index (χ2n) is 3.82. The van der Waals surface area contributed by atoms with Crippen molar-refractivity contribution in [3.8, 4) is 0 Å². The zero-order valence-corrected chi connectivity index (χ0v) is 7.89. The van der Waals surface area contributed by atoms with Crippen molar-refractivity contribution in [3.05, 3.63) is 29.8 Å². The highest BCUT2D eigenvalue weighted by atomic mass is 19.1. The average molecular weight is 197 g/mol. The van der Waals surface area contributed by atoms with Crippen LogP contribution in [0.25, 0.3) is 0 Å². The highest BCUT2D eigenvalue weighted by Gasteiger charge is 2.20. The van der Waals surface area contributed by atoms with Gasteiger partial charge < -0.3 is 5.32 Å². The normalized spacial score (nSPS) is 15.6. The Kier molecular flexibility index (Phi) is 2.66. The summed E-state index contributed by atoms with van der Waals surface area (Å²) < 4.78 is 25.5. The van der Waals surface area contributed by atoms with E-state index in [0.717, 1.165) is 24.9 Å². The second-order valence-corrected chi connectivity index (χ2v) is 3.82. The Balaban J connectivity index is 1.87. The Morgan fingerprint density at radius 3 is 2.36 bits per heavy atom. The number of halogens is 2. The maximum atomic E-state index is 12.7. The van der Waals surface area contributed by atoms with Gasteiger partial charge in [0.2, 0.25) is 0 Å². The summed E-state index contributed by atoms with van der Waals surface area (Å²) in [6.07, 6.45) is 3.70. The molecular formula is C11H13F2N. The molecule has 2 rings (SSSR count). The molecule has 14 heavy (non-hydrogen) atoms. The largest absolute Gasteiger partial charge is 0.385 e. The molecule has 1 aromatic rings. The average Bonchev–Trinajstić information content (AvgIpc) is 2.86. The van der Waals surface area contributed by atoms with Gasteiger partial charge in [-0.3, -0.25) is 0 Å². The molecule has 0 radical (unpaired) electrons. The van der Waals surface area contributed by atoms with Crippen molar-refractivity contribution >= 4 is 5.69 Å².